The van der Waals surface area contributed by atoms with Crippen molar-refractivity contribution >= 4 is 0 Å². The second-order valence-electron chi connectivity index (χ2n) is 11.5. The Labute approximate surface area is 274 Å². The van der Waals surface area contributed by atoms with Gasteiger partial charge in [0, 0.05) is 0 Å². The van der Waals surface area contributed by atoms with E-state index in [1.165, 1.54) is 0 Å². The van der Waals surface area contributed by atoms with E-state index in [1.54, 1.807) is 13.8 Å². The van der Waals surface area contributed by atoms with Crippen molar-refractivity contribution in [2.24, 2.45) is 0 Å². The fraction of sp³-hybridized carbons (Fsp3) is 1.00. The van der Waals surface area contributed by atoms with Crippen LogP contribution in [0.15, 0.2) is 0 Å². The largest absolute Gasteiger partial charge is 0.394 e. The molecule has 0 amide bonds. The number of aliphatic hydroxyl groups excluding tert-OH is 18. The quantitative estimate of drug-likeness (QED) is 0.128. The predicted molar refractivity (Wildman–Crippen MR) is 151 cm³/mol. The van der Waals surface area contributed by atoms with Crippen LogP contribution >= 0.6 is 0 Å². The highest BCUT2D eigenvalue weighted by atomic mass is 16.6. The summed E-state index contributed by atoms with van der Waals surface area (Å²) in [7, 11) is 0. The van der Waals surface area contributed by atoms with Crippen LogP contribution in [0, 0.1) is 0 Å². The van der Waals surface area contributed by atoms with Crippen molar-refractivity contribution in [1.82, 2.24) is 0 Å². The molecule has 18 N–H and O–H groups in total. The summed E-state index contributed by atoms with van der Waals surface area (Å²) in [4.78, 5) is 0. The van der Waals surface area contributed by atoms with E-state index in [4.69, 9.17) is 70.8 Å². The Balaban J connectivity index is 0.000000320. The zero-order valence-corrected chi connectivity index (χ0v) is 26.1. The van der Waals surface area contributed by atoms with Crippen molar-refractivity contribution in [2.75, 3.05) is 26.4 Å². The minimum absolute atomic E-state index is 0.366. The lowest BCUT2D eigenvalue weighted by Crippen LogP contribution is -2.58. The molecule has 0 saturated carbocycles. The molecular weight excluding hydrogens is 664 g/mol. The monoisotopic (exact) mass is 716 g/mol. The molecule has 288 valence electrons. The van der Waals surface area contributed by atoms with E-state index in [0.29, 0.717) is 0 Å². The highest BCUT2D eigenvalue weighted by Gasteiger charge is 2.44. The molecule has 4 aliphatic heterocycles. The normalized spacial score (nSPS) is 49.2. The summed E-state index contributed by atoms with van der Waals surface area (Å²) in [5.74, 6) is 0. The number of hydrogen-bond acceptors (Lipinski definition) is 22. The second kappa shape index (κ2) is 20.8. The molecule has 4 saturated heterocycles. The van der Waals surface area contributed by atoms with Gasteiger partial charge in [-0.25, -0.2) is 0 Å². The number of rotatable bonds is 4. The van der Waals surface area contributed by atoms with Gasteiger partial charge in [0.15, 0.2) is 12.6 Å². The third-order valence-corrected chi connectivity index (χ3v) is 8.00. The average Bonchev–Trinajstić information content (AvgIpc) is 3.08. The van der Waals surface area contributed by atoms with Crippen LogP contribution in [0.1, 0.15) is 13.8 Å². The first-order valence-electron chi connectivity index (χ1n) is 14.9. The topological polar surface area (TPSA) is 401 Å². The molecule has 0 bridgehead atoms. The van der Waals surface area contributed by atoms with Gasteiger partial charge in [-0.2, -0.15) is 0 Å². The molecule has 0 radical (unpaired) electrons. The van der Waals surface area contributed by atoms with Gasteiger partial charge in [0.05, 0.1) is 38.6 Å². The lowest BCUT2D eigenvalue weighted by molar-refractivity contribution is -0.286. The molecule has 0 aromatic rings. The molecule has 48 heavy (non-hydrogen) atoms. The maximum atomic E-state index is 9.23. The molecule has 2 unspecified atom stereocenters. The van der Waals surface area contributed by atoms with E-state index in [-0.39, 0.29) is 13.2 Å². The molecule has 22 nitrogen and oxygen atoms in total. The van der Waals surface area contributed by atoms with Gasteiger partial charge in [0.2, 0.25) is 0 Å². The van der Waals surface area contributed by atoms with Gasteiger partial charge in [0.1, 0.15) is 97.7 Å². The lowest BCUT2D eigenvalue weighted by atomic mass is 9.96. The van der Waals surface area contributed by atoms with Crippen LogP contribution in [-0.2, 0) is 18.9 Å². The third kappa shape index (κ3) is 11.6. The summed E-state index contributed by atoms with van der Waals surface area (Å²) in [5, 5.41) is 162. The SMILES string of the molecule is CC1O[C@H](CO)[C@@H](O)[C@H](O)[C@H]1O.CC1O[C@H](CO)[C@@H](O)[C@H](O)[C@H]1O.OC[C@H]1O[C@H](O)[C@H](O)[C@@H](O)[C@@H]1O.OC[C@H]1O[C@H](O)[C@H](O)[C@@H](O)[C@@H]1O. The predicted octanol–water partition coefficient (Wildman–Crippen LogP) is -10.7. The maximum Gasteiger partial charge on any atom is 0.184 e. The van der Waals surface area contributed by atoms with Crippen molar-refractivity contribution in [2.45, 2.75) is 136 Å². The van der Waals surface area contributed by atoms with Crippen LogP contribution in [-0.4, -0.2) is 241 Å². The van der Waals surface area contributed by atoms with E-state index >= 15 is 0 Å². The van der Waals surface area contributed by atoms with E-state index in [9.17, 15) is 30.6 Å². The van der Waals surface area contributed by atoms with Gasteiger partial charge in [-0.15, -0.1) is 0 Å². The van der Waals surface area contributed by atoms with Crippen molar-refractivity contribution < 1.29 is 111 Å². The first-order chi connectivity index (χ1) is 22.3. The molecular formula is C26H52O22. The Morgan fingerprint density at radius 2 is 0.500 bits per heavy atom. The first-order valence-corrected chi connectivity index (χ1v) is 14.9. The molecule has 0 aliphatic carbocycles. The standard InChI is InChI=1S/2C7H14O5.2C6H12O6/c2*1-3-5(9)7(11)6(10)4(2-8)12-3;2*7-1-2-3(8)4(9)5(10)6(11)12-2/h2*3-11H,2H2,1H3;2*2-11H,1H2/t2*3?,4-,5+,6-,7-;2*2-,3-,4+,5-,6+/m1111/s1. The van der Waals surface area contributed by atoms with Crippen molar-refractivity contribution in [3.8, 4) is 0 Å². The highest BCUT2D eigenvalue weighted by Crippen LogP contribution is 2.22. The summed E-state index contributed by atoms with van der Waals surface area (Å²) in [6, 6.07) is 0. The molecule has 4 heterocycles. The summed E-state index contributed by atoms with van der Waals surface area (Å²) < 4.78 is 19.2. The van der Waals surface area contributed by atoms with E-state index in [1.807, 2.05) is 0 Å². The number of hydrogen-bond donors (Lipinski definition) is 18. The van der Waals surface area contributed by atoms with Crippen molar-refractivity contribution in [3.05, 3.63) is 0 Å². The van der Waals surface area contributed by atoms with Crippen LogP contribution in [0.3, 0.4) is 0 Å². The van der Waals surface area contributed by atoms with Gasteiger partial charge < -0.3 is 111 Å². The molecule has 0 spiro atoms. The smallest absolute Gasteiger partial charge is 0.184 e. The minimum Gasteiger partial charge on any atom is -0.394 e. The van der Waals surface area contributed by atoms with Crippen LogP contribution in [0.4, 0.5) is 0 Å². The van der Waals surface area contributed by atoms with E-state index < -0.39 is 136 Å². The molecule has 0 aromatic heterocycles. The zero-order valence-electron chi connectivity index (χ0n) is 26.1. The van der Waals surface area contributed by atoms with Crippen LogP contribution in [0.5, 0.6) is 0 Å². The first kappa shape index (κ1) is 45.1. The van der Waals surface area contributed by atoms with Gasteiger partial charge >= 0.3 is 0 Å². The molecule has 0 aromatic carbocycles. The van der Waals surface area contributed by atoms with E-state index in [0.717, 1.165) is 0 Å². The zero-order chi connectivity index (χ0) is 37.2. The Hall–Kier alpha value is -0.880. The van der Waals surface area contributed by atoms with Crippen LogP contribution in [0.25, 0.3) is 0 Å². The summed E-state index contributed by atoms with van der Waals surface area (Å²) in [5.41, 5.74) is 0. The Kier molecular flexibility index (Phi) is 19.6. The average molecular weight is 717 g/mol. The maximum absolute atomic E-state index is 9.23. The molecule has 4 rings (SSSR count). The molecule has 20 atom stereocenters. The van der Waals surface area contributed by atoms with Crippen molar-refractivity contribution in [3.63, 3.8) is 0 Å². The fourth-order valence-corrected chi connectivity index (χ4v) is 4.74. The van der Waals surface area contributed by atoms with Crippen molar-refractivity contribution in [1.29, 1.82) is 0 Å². The summed E-state index contributed by atoms with van der Waals surface area (Å²) in [6.45, 7) is 1.36. The molecule has 4 fully saturated rings. The lowest BCUT2D eigenvalue weighted by Gasteiger charge is -2.38. The Morgan fingerprint density at radius 3 is 0.729 bits per heavy atom. The van der Waals surface area contributed by atoms with Gasteiger partial charge in [-0.05, 0) is 13.8 Å². The highest BCUT2D eigenvalue weighted by molar-refractivity contribution is 4.91. The molecule has 4 aliphatic rings. The fourth-order valence-electron chi connectivity index (χ4n) is 4.74. The Bertz CT molecular complexity index is 721. The second-order valence-corrected chi connectivity index (χ2v) is 11.5. The minimum atomic E-state index is -1.57. The van der Waals surface area contributed by atoms with E-state index in [2.05, 4.69) is 9.47 Å². The molecule has 22 heteroatoms. The number of aliphatic hydroxyl groups is 18. The Morgan fingerprint density at radius 1 is 0.292 bits per heavy atom. The van der Waals surface area contributed by atoms with Gasteiger partial charge in [0.25, 0.3) is 0 Å². The van der Waals surface area contributed by atoms with Crippen LogP contribution < -0.4 is 0 Å². The van der Waals surface area contributed by atoms with Gasteiger partial charge in [-0.1, -0.05) is 0 Å². The third-order valence-electron chi connectivity index (χ3n) is 8.00. The van der Waals surface area contributed by atoms with Crippen LogP contribution in [0.2, 0.25) is 0 Å². The number of ether oxygens (including phenoxy) is 4. The summed E-state index contributed by atoms with van der Waals surface area (Å²) in [6.07, 6.45) is -24.0. The van der Waals surface area contributed by atoms with Gasteiger partial charge in [-0.3, -0.25) is 0 Å². The summed E-state index contributed by atoms with van der Waals surface area (Å²) >= 11 is 0.